The van der Waals surface area contributed by atoms with Crippen LogP contribution in [0.2, 0.25) is 0 Å². The van der Waals surface area contributed by atoms with Gasteiger partial charge in [-0.25, -0.2) is 0 Å². The first-order chi connectivity index (χ1) is 10.8. The van der Waals surface area contributed by atoms with Crippen molar-refractivity contribution in [3.05, 3.63) is 53.6 Å². The molecule has 1 aliphatic heterocycles. The second-order valence-electron chi connectivity index (χ2n) is 6.08. The first-order valence-corrected chi connectivity index (χ1v) is 8.14. The van der Waals surface area contributed by atoms with Gasteiger partial charge < -0.3 is 10.0 Å². The van der Waals surface area contributed by atoms with Crippen molar-refractivity contribution in [2.75, 3.05) is 18.1 Å². The number of aliphatic hydroxyl groups excluding tert-OH is 1. The summed E-state index contributed by atoms with van der Waals surface area (Å²) in [4.78, 5) is 13.6. The van der Waals surface area contributed by atoms with Crippen LogP contribution in [0.4, 0.5) is 5.69 Å². The van der Waals surface area contributed by atoms with Crippen molar-refractivity contribution in [2.24, 2.45) is 0 Å². The van der Waals surface area contributed by atoms with Gasteiger partial charge in [0.1, 0.15) is 0 Å². The fourth-order valence-corrected chi connectivity index (χ4v) is 3.24. The Bertz CT molecular complexity index is 586. The van der Waals surface area contributed by atoms with E-state index >= 15 is 0 Å². The van der Waals surface area contributed by atoms with Crippen LogP contribution in [0.5, 0.6) is 0 Å². The van der Waals surface area contributed by atoms with Gasteiger partial charge in [-0.1, -0.05) is 35.9 Å². The molecule has 3 heteroatoms. The molecule has 3 nitrogen and oxygen atoms in total. The van der Waals surface area contributed by atoms with E-state index in [-0.39, 0.29) is 18.4 Å². The summed E-state index contributed by atoms with van der Waals surface area (Å²) in [6, 6.07) is 8.11. The molecule has 1 atom stereocenters. The van der Waals surface area contributed by atoms with Gasteiger partial charge in [0.25, 0.3) is 0 Å². The molecule has 0 saturated carbocycles. The number of aliphatic hydroxyl groups is 1. The van der Waals surface area contributed by atoms with E-state index in [1.54, 1.807) is 0 Å². The monoisotopic (exact) mass is 297 g/mol. The third-order valence-corrected chi connectivity index (χ3v) is 4.52. The Kier molecular flexibility index (Phi) is 4.74. The first kappa shape index (κ1) is 15.0. The van der Waals surface area contributed by atoms with Gasteiger partial charge >= 0.3 is 0 Å². The maximum Gasteiger partial charge on any atom is 0.227 e. The standard InChI is InChI=1S/C19H23NO2/c21-14-17(13-15-5-2-1-3-6-15)16-8-10-18(11-9-16)20-12-4-7-19(20)22/h2,5-6,8-11,17,21H,1,3-4,7,12-14H2. The van der Waals surface area contributed by atoms with Crippen LogP contribution >= 0.6 is 0 Å². The molecule has 1 saturated heterocycles. The van der Waals surface area contributed by atoms with Crippen LogP contribution in [-0.4, -0.2) is 24.2 Å². The molecule has 1 fully saturated rings. The molecule has 116 valence electrons. The lowest BCUT2D eigenvalue weighted by Crippen LogP contribution is -2.23. The summed E-state index contributed by atoms with van der Waals surface area (Å²) in [5, 5.41) is 9.72. The topological polar surface area (TPSA) is 40.5 Å². The van der Waals surface area contributed by atoms with Crippen LogP contribution < -0.4 is 4.90 Å². The zero-order valence-electron chi connectivity index (χ0n) is 12.9. The van der Waals surface area contributed by atoms with Crippen molar-refractivity contribution in [1.82, 2.24) is 0 Å². The molecule has 3 rings (SSSR count). The zero-order chi connectivity index (χ0) is 15.4. The number of anilines is 1. The predicted octanol–water partition coefficient (Wildman–Crippen LogP) is 3.56. The molecule has 22 heavy (non-hydrogen) atoms. The molecule has 0 radical (unpaired) electrons. The van der Waals surface area contributed by atoms with Gasteiger partial charge in [-0.05, 0) is 43.4 Å². The number of nitrogens with zero attached hydrogens (tertiary/aromatic N) is 1. The first-order valence-electron chi connectivity index (χ1n) is 8.14. The normalized spacial score (nSPS) is 19.4. The van der Waals surface area contributed by atoms with Gasteiger partial charge in [0.2, 0.25) is 5.91 Å². The summed E-state index contributed by atoms with van der Waals surface area (Å²) < 4.78 is 0. The molecule has 1 unspecified atom stereocenters. The molecule has 1 aliphatic carbocycles. The molecule has 1 amide bonds. The SMILES string of the molecule is O=C1CCCN1c1ccc(C(CO)CC2=CCCC=C2)cc1. The molecular formula is C19H23NO2. The molecule has 1 heterocycles. The van der Waals surface area contributed by atoms with Crippen molar-refractivity contribution in [3.8, 4) is 0 Å². The van der Waals surface area contributed by atoms with Gasteiger partial charge in [0.15, 0.2) is 0 Å². The van der Waals surface area contributed by atoms with Gasteiger partial charge in [0, 0.05) is 24.6 Å². The Hall–Kier alpha value is -1.87. The van der Waals surface area contributed by atoms with Crippen molar-refractivity contribution in [1.29, 1.82) is 0 Å². The number of amides is 1. The lowest BCUT2D eigenvalue weighted by Gasteiger charge is -2.19. The minimum atomic E-state index is 0.123. The van der Waals surface area contributed by atoms with Crippen molar-refractivity contribution >= 4 is 11.6 Å². The third kappa shape index (κ3) is 3.30. The molecule has 1 N–H and O–H groups in total. The number of benzene rings is 1. The zero-order valence-corrected chi connectivity index (χ0v) is 12.9. The lowest BCUT2D eigenvalue weighted by molar-refractivity contribution is -0.117. The molecule has 0 aromatic heterocycles. The number of carbonyl (C=O) groups excluding carboxylic acids is 1. The smallest absolute Gasteiger partial charge is 0.227 e. The van der Waals surface area contributed by atoms with E-state index in [1.165, 1.54) is 5.57 Å². The molecule has 1 aromatic rings. The van der Waals surface area contributed by atoms with Crippen LogP contribution in [0.15, 0.2) is 48.1 Å². The maximum absolute atomic E-state index is 11.8. The lowest BCUT2D eigenvalue weighted by atomic mass is 9.90. The Morgan fingerprint density at radius 2 is 2.00 bits per heavy atom. The van der Waals surface area contributed by atoms with E-state index in [4.69, 9.17) is 0 Å². The molecule has 0 bridgehead atoms. The molecule has 2 aliphatic rings. The van der Waals surface area contributed by atoms with E-state index in [0.717, 1.165) is 43.5 Å². The van der Waals surface area contributed by atoms with E-state index in [1.807, 2.05) is 17.0 Å². The molecular weight excluding hydrogens is 274 g/mol. The molecule has 1 aromatic carbocycles. The summed E-state index contributed by atoms with van der Waals surface area (Å²) in [5.41, 5.74) is 3.42. The Balaban J connectivity index is 1.71. The number of carbonyl (C=O) groups is 1. The fourth-order valence-electron chi connectivity index (χ4n) is 3.24. The summed E-state index contributed by atoms with van der Waals surface area (Å²) in [6.07, 6.45) is 11.3. The summed E-state index contributed by atoms with van der Waals surface area (Å²) in [6.45, 7) is 0.965. The summed E-state index contributed by atoms with van der Waals surface area (Å²) in [5.74, 6) is 0.335. The Labute approximate surface area is 132 Å². The quantitative estimate of drug-likeness (QED) is 0.903. The Morgan fingerprint density at radius 3 is 2.59 bits per heavy atom. The number of rotatable bonds is 5. The third-order valence-electron chi connectivity index (χ3n) is 4.52. The fraction of sp³-hybridized carbons (Fsp3) is 0.421. The highest BCUT2D eigenvalue weighted by Gasteiger charge is 2.22. The van der Waals surface area contributed by atoms with Crippen LogP contribution in [0.1, 0.15) is 43.6 Å². The second-order valence-corrected chi connectivity index (χ2v) is 6.08. The minimum absolute atomic E-state index is 0.123. The Morgan fingerprint density at radius 1 is 1.18 bits per heavy atom. The van der Waals surface area contributed by atoms with Gasteiger partial charge in [-0.15, -0.1) is 0 Å². The van der Waals surface area contributed by atoms with Crippen LogP contribution in [-0.2, 0) is 4.79 Å². The van der Waals surface area contributed by atoms with E-state index in [9.17, 15) is 9.90 Å². The van der Waals surface area contributed by atoms with Crippen LogP contribution in [0.25, 0.3) is 0 Å². The number of hydrogen-bond acceptors (Lipinski definition) is 2. The average Bonchev–Trinajstić information content (AvgIpc) is 3.00. The van der Waals surface area contributed by atoms with Gasteiger partial charge in [-0.3, -0.25) is 4.79 Å². The van der Waals surface area contributed by atoms with Crippen molar-refractivity contribution in [3.63, 3.8) is 0 Å². The highest BCUT2D eigenvalue weighted by molar-refractivity contribution is 5.95. The van der Waals surface area contributed by atoms with Crippen molar-refractivity contribution in [2.45, 2.75) is 38.0 Å². The predicted molar refractivity (Wildman–Crippen MR) is 88.9 cm³/mol. The summed E-state index contributed by atoms with van der Waals surface area (Å²) in [7, 11) is 0. The van der Waals surface area contributed by atoms with Crippen LogP contribution in [0.3, 0.4) is 0 Å². The summed E-state index contributed by atoms with van der Waals surface area (Å²) >= 11 is 0. The van der Waals surface area contributed by atoms with Gasteiger partial charge in [-0.2, -0.15) is 0 Å². The molecule has 0 spiro atoms. The van der Waals surface area contributed by atoms with E-state index in [2.05, 4.69) is 30.4 Å². The maximum atomic E-state index is 11.8. The van der Waals surface area contributed by atoms with Crippen molar-refractivity contribution < 1.29 is 9.90 Å². The average molecular weight is 297 g/mol. The second kappa shape index (κ2) is 6.93. The number of allylic oxidation sites excluding steroid dienone is 4. The highest BCUT2D eigenvalue weighted by atomic mass is 16.3. The number of hydrogen-bond donors (Lipinski definition) is 1. The van der Waals surface area contributed by atoms with E-state index in [0.29, 0.717) is 6.42 Å². The largest absolute Gasteiger partial charge is 0.396 e. The minimum Gasteiger partial charge on any atom is -0.396 e. The highest BCUT2D eigenvalue weighted by Crippen LogP contribution is 2.28. The van der Waals surface area contributed by atoms with Crippen LogP contribution in [0, 0.1) is 0 Å². The van der Waals surface area contributed by atoms with Gasteiger partial charge in [0.05, 0.1) is 6.61 Å². The van der Waals surface area contributed by atoms with E-state index < -0.39 is 0 Å².